The summed E-state index contributed by atoms with van der Waals surface area (Å²) in [5.41, 5.74) is 8.32. The molecule has 1 saturated carbocycles. The minimum absolute atomic E-state index is 0.171. The highest BCUT2D eigenvalue weighted by Gasteiger charge is 2.22. The van der Waals surface area contributed by atoms with Crippen LogP contribution < -0.4 is 16.4 Å². The summed E-state index contributed by atoms with van der Waals surface area (Å²) in [6.07, 6.45) is 10.4. The first-order valence-electron chi connectivity index (χ1n) is 9.13. The second kappa shape index (κ2) is 7.58. The lowest BCUT2D eigenvalue weighted by Crippen LogP contribution is -2.42. The van der Waals surface area contributed by atoms with Gasteiger partial charge in [-0.2, -0.15) is 4.98 Å². The van der Waals surface area contributed by atoms with Crippen molar-refractivity contribution in [2.24, 2.45) is 5.73 Å². The van der Waals surface area contributed by atoms with Crippen LogP contribution in [0.5, 0.6) is 0 Å². The summed E-state index contributed by atoms with van der Waals surface area (Å²) in [6, 6.07) is 14.5. The smallest absolute Gasteiger partial charge is 0.224 e. The summed E-state index contributed by atoms with van der Waals surface area (Å²) < 4.78 is 2.07. The first-order chi connectivity index (χ1) is 12.8. The van der Waals surface area contributed by atoms with Crippen molar-refractivity contribution >= 4 is 17.5 Å². The molecule has 2 aromatic heterocycles. The Morgan fingerprint density at radius 1 is 1.00 bits per heavy atom. The summed E-state index contributed by atoms with van der Waals surface area (Å²) in [6.45, 7) is 0. The predicted octanol–water partition coefficient (Wildman–Crippen LogP) is 3.69. The molecule has 134 valence electrons. The van der Waals surface area contributed by atoms with Crippen LogP contribution in [0.15, 0.2) is 61.1 Å². The van der Waals surface area contributed by atoms with Crippen molar-refractivity contribution in [3.63, 3.8) is 0 Å². The van der Waals surface area contributed by atoms with Gasteiger partial charge in [0.2, 0.25) is 5.95 Å². The molecule has 1 aliphatic carbocycles. The molecule has 6 heteroatoms. The number of rotatable bonds is 5. The summed E-state index contributed by atoms with van der Waals surface area (Å²) in [5.74, 6) is 1.39. The maximum absolute atomic E-state index is 6.21. The van der Waals surface area contributed by atoms with Gasteiger partial charge in [0.05, 0.1) is 0 Å². The average Bonchev–Trinajstić information content (AvgIpc) is 3.19. The third-order valence-corrected chi connectivity index (χ3v) is 4.83. The minimum atomic E-state index is 0.171. The molecule has 3 aromatic rings. The Morgan fingerprint density at radius 3 is 2.54 bits per heavy atom. The topological polar surface area (TPSA) is 80.8 Å². The van der Waals surface area contributed by atoms with Gasteiger partial charge < -0.3 is 20.9 Å². The van der Waals surface area contributed by atoms with Crippen LogP contribution in [-0.2, 0) is 0 Å². The molecule has 0 saturated heterocycles. The van der Waals surface area contributed by atoms with Crippen LogP contribution in [0.25, 0.3) is 5.69 Å². The van der Waals surface area contributed by atoms with Crippen LogP contribution in [-0.4, -0.2) is 26.6 Å². The predicted molar refractivity (Wildman–Crippen MR) is 105 cm³/mol. The Morgan fingerprint density at radius 2 is 1.77 bits per heavy atom. The standard InChI is InChI=1S/C20H24N6/c21-17-5-1-2-6-18(17)24-20-22-12-11-19(25-20)23-15-7-9-16(10-8-15)26-13-3-4-14-26/h3-4,7-14,17-18H,1-2,5-6,21H2,(H2,22,23,24,25)/t17-,18+/m0/s1. The van der Waals surface area contributed by atoms with Crippen LogP contribution in [0.2, 0.25) is 0 Å². The van der Waals surface area contributed by atoms with Gasteiger partial charge in [0, 0.05) is 42.0 Å². The van der Waals surface area contributed by atoms with E-state index < -0.39 is 0 Å². The van der Waals surface area contributed by atoms with Crippen molar-refractivity contribution in [2.75, 3.05) is 10.6 Å². The van der Waals surface area contributed by atoms with Gasteiger partial charge in [-0.15, -0.1) is 0 Å². The SMILES string of the molecule is N[C@H]1CCCC[C@H]1Nc1nccc(Nc2ccc(-n3cccc3)cc2)n1. The van der Waals surface area contributed by atoms with Crippen LogP contribution in [0.1, 0.15) is 25.7 Å². The fourth-order valence-electron chi connectivity index (χ4n) is 3.37. The van der Waals surface area contributed by atoms with E-state index in [2.05, 4.69) is 37.3 Å². The summed E-state index contributed by atoms with van der Waals surface area (Å²) in [4.78, 5) is 8.91. The molecule has 2 atom stereocenters. The molecule has 6 nitrogen and oxygen atoms in total. The van der Waals surface area contributed by atoms with E-state index in [0.717, 1.165) is 30.0 Å². The zero-order valence-electron chi connectivity index (χ0n) is 14.7. The van der Waals surface area contributed by atoms with Crippen molar-refractivity contribution < 1.29 is 0 Å². The molecule has 1 aliphatic rings. The van der Waals surface area contributed by atoms with Crippen LogP contribution >= 0.6 is 0 Å². The molecule has 26 heavy (non-hydrogen) atoms. The number of anilines is 3. The van der Waals surface area contributed by atoms with E-state index in [0.29, 0.717) is 5.95 Å². The highest BCUT2D eigenvalue weighted by Crippen LogP contribution is 2.21. The van der Waals surface area contributed by atoms with Crippen LogP contribution in [0.3, 0.4) is 0 Å². The molecule has 0 radical (unpaired) electrons. The van der Waals surface area contributed by atoms with E-state index in [9.17, 15) is 0 Å². The number of hydrogen-bond acceptors (Lipinski definition) is 5. The Labute approximate surface area is 153 Å². The van der Waals surface area contributed by atoms with Gasteiger partial charge in [-0.05, 0) is 55.3 Å². The van der Waals surface area contributed by atoms with E-state index >= 15 is 0 Å². The van der Waals surface area contributed by atoms with Crippen LogP contribution in [0, 0.1) is 0 Å². The third kappa shape index (κ3) is 3.86. The van der Waals surface area contributed by atoms with E-state index in [-0.39, 0.29) is 12.1 Å². The maximum Gasteiger partial charge on any atom is 0.224 e. The first kappa shape index (κ1) is 16.6. The molecular weight excluding hydrogens is 324 g/mol. The summed E-state index contributed by atoms with van der Waals surface area (Å²) in [5, 5.41) is 6.73. The molecular formula is C20H24N6. The first-order valence-corrected chi connectivity index (χ1v) is 9.13. The second-order valence-electron chi connectivity index (χ2n) is 6.73. The van der Waals surface area contributed by atoms with Crippen molar-refractivity contribution in [1.82, 2.24) is 14.5 Å². The van der Waals surface area contributed by atoms with E-state index in [1.165, 1.54) is 12.8 Å². The fraction of sp³-hybridized carbons (Fsp3) is 0.300. The monoisotopic (exact) mass is 348 g/mol. The van der Waals surface area contributed by atoms with Gasteiger partial charge in [0.1, 0.15) is 5.82 Å². The molecule has 0 aliphatic heterocycles. The number of nitrogens with one attached hydrogen (secondary N) is 2. The number of nitrogens with zero attached hydrogens (tertiary/aromatic N) is 3. The summed E-state index contributed by atoms with van der Waals surface area (Å²) >= 11 is 0. The molecule has 4 N–H and O–H groups in total. The lowest BCUT2D eigenvalue weighted by Gasteiger charge is -2.29. The number of aromatic nitrogens is 3. The van der Waals surface area contributed by atoms with Gasteiger partial charge in [-0.25, -0.2) is 4.98 Å². The van der Waals surface area contributed by atoms with Gasteiger partial charge >= 0.3 is 0 Å². The summed E-state index contributed by atoms with van der Waals surface area (Å²) in [7, 11) is 0. The zero-order chi connectivity index (χ0) is 17.8. The molecule has 0 amide bonds. The average molecular weight is 348 g/mol. The Balaban J connectivity index is 1.43. The molecule has 1 fully saturated rings. The largest absolute Gasteiger partial charge is 0.350 e. The lowest BCUT2D eigenvalue weighted by molar-refractivity contribution is 0.402. The van der Waals surface area contributed by atoms with Gasteiger partial charge in [-0.1, -0.05) is 12.8 Å². The molecule has 0 unspecified atom stereocenters. The molecule has 0 bridgehead atoms. The molecule has 4 rings (SSSR count). The highest BCUT2D eigenvalue weighted by molar-refractivity contribution is 5.58. The van der Waals surface area contributed by atoms with Gasteiger partial charge in [0.25, 0.3) is 0 Å². The quantitative estimate of drug-likeness (QED) is 0.655. The third-order valence-electron chi connectivity index (χ3n) is 4.83. The Bertz CT molecular complexity index is 828. The Hall–Kier alpha value is -2.86. The van der Waals surface area contributed by atoms with Crippen molar-refractivity contribution in [2.45, 2.75) is 37.8 Å². The molecule has 1 aromatic carbocycles. The molecule has 0 spiro atoms. The highest BCUT2D eigenvalue weighted by atomic mass is 15.2. The van der Waals surface area contributed by atoms with Crippen LogP contribution in [0.4, 0.5) is 17.5 Å². The number of nitrogens with two attached hydrogens (primary N) is 1. The minimum Gasteiger partial charge on any atom is -0.350 e. The zero-order valence-corrected chi connectivity index (χ0v) is 14.7. The Kier molecular flexibility index (Phi) is 4.84. The van der Waals surface area contributed by atoms with Gasteiger partial charge in [0.15, 0.2) is 0 Å². The molecule has 2 heterocycles. The number of benzene rings is 1. The maximum atomic E-state index is 6.21. The van der Waals surface area contributed by atoms with Crippen molar-refractivity contribution in [3.05, 3.63) is 61.1 Å². The fourth-order valence-corrected chi connectivity index (χ4v) is 3.37. The number of hydrogen-bond donors (Lipinski definition) is 3. The van der Waals surface area contributed by atoms with Crippen molar-refractivity contribution in [3.8, 4) is 5.69 Å². The second-order valence-corrected chi connectivity index (χ2v) is 6.73. The van der Waals surface area contributed by atoms with E-state index in [1.54, 1.807) is 6.20 Å². The lowest BCUT2D eigenvalue weighted by atomic mass is 9.91. The van der Waals surface area contributed by atoms with Gasteiger partial charge in [-0.3, -0.25) is 0 Å². The van der Waals surface area contributed by atoms with E-state index in [1.807, 2.05) is 42.7 Å². The normalized spacial score (nSPS) is 19.9. The van der Waals surface area contributed by atoms with Crippen molar-refractivity contribution in [1.29, 1.82) is 0 Å². The van der Waals surface area contributed by atoms with E-state index in [4.69, 9.17) is 5.73 Å².